The van der Waals surface area contributed by atoms with Gasteiger partial charge in [-0.05, 0) is 63.1 Å². The van der Waals surface area contributed by atoms with Gasteiger partial charge in [-0.3, -0.25) is 9.69 Å². The molecule has 2 heterocycles. The van der Waals surface area contributed by atoms with Crippen molar-refractivity contribution in [2.45, 2.75) is 39.8 Å². The molecule has 0 saturated carbocycles. The zero-order valence-electron chi connectivity index (χ0n) is 19.5. The molecule has 8 heteroatoms. The molecule has 0 bridgehead atoms. The van der Waals surface area contributed by atoms with Gasteiger partial charge in [-0.25, -0.2) is 4.79 Å². The molecule has 1 aliphatic rings. The van der Waals surface area contributed by atoms with Gasteiger partial charge in [0.15, 0.2) is 0 Å². The topological polar surface area (TPSA) is 67.9 Å². The standard InChI is InChI=1S/C26H28N2O4S.ClH/c1-4-31-26(30)23-21-13-14-28(17(2)3)16-22(21)33-25(23)27-24(29)18-9-8-12-20(15-18)32-19-10-6-5-7-11-19;/h5-12,15,17H,4,13-14,16H2,1-3H3,(H,27,29);1H. The summed E-state index contributed by atoms with van der Waals surface area (Å²) in [5, 5.41) is 3.51. The number of rotatable bonds is 7. The zero-order valence-corrected chi connectivity index (χ0v) is 21.1. The molecule has 0 saturated heterocycles. The predicted octanol–water partition coefficient (Wildman–Crippen LogP) is 6.16. The summed E-state index contributed by atoms with van der Waals surface area (Å²) in [6.45, 7) is 8.04. The first-order valence-corrected chi connectivity index (χ1v) is 12.0. The molecule has 4 rings (SSSR count). The highest BCUT2D eigenvalue weighted by atomic mass is 35.5. The number of benzene rings is 2. The molecule has 34 heavy (non-hydrogen) atoms. The number of para-hydroxylation sites is 1. The van der Waals surface area contributed by atoms with E-state index in [4.69, 9.17) is 9.47 Å². The number of amides is 1. The first-order valence-electron chi connectivity index (χ1n) is 11.2. The van der Waals surface area contributed by atoms with Gasteiger partial charge < -0.3 is 14.8 Å². The smallest absolute Gasteiger partial charge is 0.341 e. The Morgan fingerprint density at radius 3 is 2.53 bits per heavy atom. The van der Waals surface area contributed by atoms with Gasteiger partial charge in [0.05, 0.1) is 12.2 Å². The molecule has 0 radical (unpaired) electrons. The summed E-state index contributed by atoms with van der Waals surface area (Å²) in [7, 11) is 0. The summed E-state index contributed by atoms with van der Waals surface area (Å²) >= 11 is 1.46. The van der Waals surface area contributed by atoms with Gasteiger partial charge in [-0.15, -0.1) is 23.7 Å². The molecule has 180 valence electrons. The molecular formula is C26H29ClN2O4S. The molecule has 0 spiro atoms. The van der Waals surface area contributed by atoms with Crippen LogP contribution in [0, 0.1) is 0 Å². The maximum absolute atomic E-state index is 13.1. The SMILES string of the molecule is CCOC(=O)c1c(NC(=O)c2cccc(Oc3ccccc3)c2)sc2c1CCN(C(C)C)C2.Cl. The summed E-state index contributed by atoms with van der Waals surface area (Å²) in [5.41, 5.74) is 1.94. The van der Waals surface area contributed by atoms with E-state index in [2.05, 4.69) is 24.1 Å². The van der Waals surface area contributed by atoms with E-state index >= 15 is 0 Å². The Labute approximate surface area is 210 Å². The maximum Gasteiger partial charge on any atom is 0.341 e. The minimum absolute atomic E-state index is 0. The molecule has 1 aliphatic heterocycles. The third-order valence-corrected chi connectivity index (χ3v) is 6.73. The lowest BCUT2D eigenvalue weighted by molar-refractivity contribution is 0.0526. The highest BCUT2D eigenvalue weighted by Crippen LogP contribution is 2.38. The van der Waals surface area contributed by atoms with E-state index in [-0.39, 0.29) is 30.9 Å². The van der Waals surface area contributed by atoms with Crippen molar-refractivity contribution in [1.29, 1.82) is 0 Å². The molecule has 6 nitrogen and oxygen atoms in total. The van der Waals surface area contributed by atoms with Crippen molar-refractivity contribution in [1.82, 2.24) is 4.90 Å². The van der Waals surface area contributed by atoms with Crippen molar-refractivity contribution in [3.63, 3.8) is 0 Å². The summed E-state index contributed by atoms with van der Waals surface area (Å²) in [4.78, 5) is 29.4. The van der Waals surface area contributed by atoms with Crippen molar-refractivity contribution in [3.05, 3.63) is 76.2 Å². The molecule has 1 N–H and O–H groups in total. The number of esters is 1. The Hall–Kier alpha value is -2.87. The fourth-order valence-corrected chi connectivity index (χ4v) is 5.13. The number of thiophene rings is 1. The Morgan fingerprint density at radius 2 is 1.82 bits per heavy atom. The van der Waals surface area contributed by atoms with Crippen LogP contribution in [0.5, 0.6) is 11.5 Å². The molecule has 0 fully saturated rings. The van der Waals surface area contributed by atoms with E-state index in [0.717, 1.165) is 30.0 Å². The minimum Gasteiger partial charge on any atom is -0.462 e. The van der Waals surface area contributed by atoms with Gasteiger partial charge in [-0.1, -0.05) is 24.3 Å². The van der Waals surface area contributed by atoms with E-state index in [1.165, 1.54) is 11.3 Å². The molecular weight excluding hydrogens is 472 g/mol. The molecule has 2 aromatic carbocycles. The van der Waals surface area contributed by atoms with Crippen molar-refractivity contribution in [2.75, 3.05) is 18.5 Å². The van der Waals surface area contributed by atoms with Gasteiger partial charge in [0.25, 0.3) is 5.91 Å². The highest BCUT2D eigenvalue weighted by Gasteiger charge is 2.30. The van der Waals surface area contributed by atoms with Crippen LogP contribution >= 0.6 is 23.7 Å². The van der Waals surface area contributed by atoms with Crippen molar-refractivity contribution < 1.29 is 19.1 Å². The van der Waals surface area contributed by atoms with Gasteiger partial charge in [0.2, 0.25) is 0 Å². The van der Waals surface area contributed by atoms with Crippen molar-refractivity contribution in [2.24, 2.45) is 0 Å². The number of nitrogens with zero attached hydrogens (tertiary/aromatic N) is 1. The average Bonchev–Trinajstić information content (AvgIpc) is 3.17. The van der Waals surface area contributed by atoms with Crippen LogP contribution in [0.3, 0.4) is 0 Å². The van der Waals surface area contributed by atoms with Crippen LogP contribution in [0.4, 0.5) is 5.00 Å². The van der Waals surface area contributed by atoms with E-state index < -0.39 is 0 Å². The van der Waals surface area contributed by atoms with Crippen LogP contribution in [0.2, 0.25) is 0 Å². The minimum atomic E-state index is -0.385. The average molecular weight is 501 g/mol. The van der Waals surface area contributed by atoms with E-state index in [0.29, 0.717) is 33.7 Å². The number of anilines is 1. The zero-order chi connectivity index (χ0) is 23.4. The molecule has 1 amide bonds. The lowest BCUT2D eigenvalue weighted by Gasteiger charge is -2.30. The van der Waals surface area contributed by atoms with E-state index in [9.17, 15) is 9.59 Å². The largest absolute Gasteiger partial charge is 0.462 e. The number of hydrogen-bond acceptors (Lipinski definition) is 6. The van der Waals surface area contributed by atoms with Crippen LogP contribution in [-0.2, 0) is 17.7 Å². The first-order chi connectivity index (χ1) is 16.0. The van der Waals surface area contributed by atoms with Gasteiger partial charge >= 0.3 is 5.97 Å². The molecule has 0 aliphatic carbocycles. The lowest BCUT2D eigenvalue weighted by Crippen LogP contribution is -2.35. The Bertz CT molecular complexity index is 1150. The number of nitrogens with one attached hydrogen (secondary N) is 1. The summed E-state index contributed by atoms with van der Waals surface area (Å²) in [6.07, 6.45) is 0.758. The summed E-state index contributed by atoms with van der Waals surface area (Å²) in [5.74, 6) is 0.584. The second-order valence-electron chi connectivity index (χ2n) is 8.14. The maximum atomic E-state index is 13.1. The Morgan fingerprint density at radius 1 is 1.09 bits per heavy atom. The van der Waals surface area contributed by atoms with Crippen molar-refractivity contribution in [3.8, 4) is 11.5 Å². The van der Waals surface area contributed by atoms with Gasteiger partial charge in [0.1, 0.15) is 16.5 Å². The number of carbonyl (C=O) groups is 2. The van der Waals surface area contributed by atoms with E-state index in [1.54, 1.807) is 31.2 Å². The highest BCUT2D eigenvalue weighted by molar-refractivity contribution is 7.17. The third kappa shape index (κ3) is 5.78. The van der Waals surface area contributed by atoms with Crippen LogP contribution in [0.15, 0.2) is 54.6 Å². The molecule has 1 aromatic heterocycles. The van der Waals surface area contributed by atoms with Crippen LogP contribution in [0.25, 0.3) is 0 Å². The predicted molar refractivity (Wildman–Crippen MR) is 138 cm³/mol. The normalized spacial score (nSPS) is 13.1. The second-order valence-corrected chi connectivity index (χ2v) is 9.24. The summed E-state index contributed by atoms with van der Waals surface area (Å²) < 4.78 is 11.2. The fraction of sp³-hybridized carbons (Fsp3) is 0.308. The number of ether oxygens (including phenoxy) is 2. The monoisotopic (exact) mass is 500 g/mol. The first kappa shape index (κ1) is 25.7. The number of hydrogen-bond donors (Lipinski definition) is 1. The van der Waals surface area contributed by atoms with Crippen LogP contribution in [-0.4, -0.2) is 36.0 Å². The molecule has 0 atom stereocenters. The van der Waals surface area contributed by atoms with Crippen LogP contribution in [0.1, 0.15) is 51.9 Å². The number of carbonyl (C=O) groups excluding carboxylic acids is 2. The molecule has 0 unspecified atom stereocenters. The Balaban J connectivity index is 0.00000324. The van der Waals surface area contributed by atoms with E-state index in [1.807, 2.05) is 30.3 Å². The van der Waals surface area contributed by atoms with Gasteiger partial charge in [-0.2, -0.15) is 0 Å². The Kier molecular flexibility index (Phi) is 8.72. The molecule has 3 aromatic rings. The summed E-state index contributed by atoms with van der Waals surface area (Å²) in [6, 6.07) is 16.8. The third-order valence-electron chi connectivity index (χ3n) is 5.60. The quantitative estimate of drug-likeness (QED) is 0.393. The van der Waals surface area contributed by atoms with Crippen molar-refractivity contribution >= 4 is 40.6 Å². The van der Waals surface area contributed by atoms with Crippen LogP contribution < -0.4 is 10.1 Å². The second kappa shape index (κ2) is 11.5. The fourth-order valence-electron chi connectivity index (χ4n) is 3.87. The number of fused-ring (bicyclic) bond motifs is 1. The number of halogens is 1. The lowest BCUT2D eigenvalue weighted by atomic mass is 10.0. The van der Waals surface area contributed by atoms with Gasteiger partial charge in [0, 0.05) is 29.6 Å².